The van der Waals surface area contributed by atoms with E-state index in [1.165, 1.54) is 43.3 Å². The van der Waals surface area contributed by atoms with Crippen molar-refractivity contribution in [2.45, 2.75) is 91.8 Å². The number of carbonyl (C=O) groups is 3. The Bertz CT molecular complexity index is 2840. The van der Waals surface area contributed by atoms with Gasteiger partial charge in [0, 0.05) is 50.2 Å². The number of aryl methyl sites for hydroxylation is 2. The van der Waals surface area contributed by atoms with Crippen molar-refractivity contribution >= 4 is 73.1 Å². The Morgan fingerprint density at radius 2 is 1.61 bits per heavy atom. The van der Waals surface area contributed by atoms with E-state index >= 15 is 0 Å². The number of aliphatic imine (C=N–C) groups is 1. The zero-order valence-corrected chi connectivity index (χ0v) is 43.3. The number of aliphatic hydroxyl groups excluding tert-OH is 1. The van der Waals surface area contributed by atoms with Gasteiger partial charge in [-0.05, 0) is 134 Å². The fraction of sp³-hybridized carbons (Fsp3) is 0.375. The fourth-order valence-electron chi connectivity index (χ4n) is 7.06. The number of unbranched alkanes of at least 4 members (excludes halogenated alkanes) is 2. The Morgan fingerprint density at radius 1 is 0.929 bits per heavy atom. The van der Waals surface area contributed by atoms with Crippen LogP contribution in [-0.2, 0) is 32.5 Å². The Hall–Kier alpha value is -5.67. The first-order valence-electron chi connectivity index (χ1n) is 22.4. The fourth-order valence-corrected chi connectivity index (χ4v) is 11.0. The van der Waals surface area contributed by atoms with Gasteiger partial charge in [0.05, 0.1) is 32.0 Å². The summed E-state index contributed by atoms with van der Waals surface area (Å²) in [6, 6.07) is 18.0. The number of benzene rings is 3. The van der Waals surface area contributed by atoms with Gasteiger partial charge in [0.2, 0.25) is 5.91 Å². The van der Waals surface area contributed by atoms with E-state index in [0.29, 0.717) is 59.4 Å². The maximum atomic E-state index is 14.3. The van der Waals surface area contributed by atoms with Gasteiger partial charge in [-0.15, -0.1) is 28.0 Å². The van der Waals surface area contributed by atoms with Crippen LogP contribution in [0.1, 0.15) is 103 Å². The van der Waals surface area contributed by atoms with Crippen LogP contribution in [0.4, 0.5) is 11.4 Å². The molecule has 3 aromatic carbocycles. The van der Waals surface area contributed by atoms with Gasteiger partial charge in [-0.25, -0.2) is 4.57 Å². The summed E-state index contributed by atoms with van der Waals surface area (Å²) in [6.45, 7) is 12.4. The predicted molar refractivity (Wildman–Crippen MR) is 271 cm³/mol. The number of rotatable bonds is 22. The van der Waals surface area contributed by atoms with Crippen LogP contribution in [0.25, 0.3) is 5.00 Å². The second-order valence-corrected chi connectivity index (χ2v) is 22.4. The average molecular weight is 1040 g/mol. The molecule has 0 bridgehead atoms. The number of aromatic nitrogens is 3. The third kappa shape index (κ3) is 14.2. The van der Waals surface area contributed by atoms with E-state index in [1.54, 1.807) is 44.2 Å². The molecule has 4 atom stereocenters. The average Bonchev–Trinajstić information content (AvgIpc) is 3.79. The highest BCUT2D eigenvalue weighted by molar-refractivity contribution is 7.65. The van der Waals surface area contributed by atoms with Gasteiger partial charge >= 0.3 is 21.2 Å². The molecule has 372 valence electrons. The van der Waals surface area contributed by atoms with Crippen molar-refractivity contribution in [1.82, 2.24) is 25.2 Å². The van der Waals surface area contributed by atoms with E-state index in [0.717, 1.165) is 32.3 Å². The van der Waals surface area contributed by atoms with Crippen molar-refractivity contribution < 1.29 is 46.9 Å². The number of aliphatic hydroxyl groups is 1. The summed E-state index contributed by atoms with van der Waals surface area (Å²) in [7, 11) is -7.87. The van der Waals surface area contributed by atoms with Gasteiger partial charge in [0.25, 0.3) is 5.91 Å². The number of terminal acetylenes is 1. The van der Waals surface area contributed by atoms with Crippen molar-refractivity contribution in [2.24, 2.45) is 4.99 Å². The van der Waals surface area contributed by atoms with Crippen LogP contribution in [0.15, 0.2) is 77.8 Å². The summed E-state index contributed by atoms with van der Waals surface area (Å²) in [6.07, 6.45) is 6.85. The van der Waals surface area contributed by atoms with E-state index < -0.39 is 38.9 Å². The lowest BCUT2D eigenvalue weighted by Gasteiger charge is -2.26. The smallest absolute Gasteiger partial charge is 0.459 e. The highest BCUT2D eigenvalue weighted by atomic mass is 35.5. The molecule has 6 rings (SSSR count). The van der Waals surface area contributed by atoms with E-state index in [4.69, 9.17) is 46.4 Å². The van der Waals surface area contributed by atoms with Crippen molar-refractivity contribution in [2.75, 3.05) is 36.8 Å². The van der Waals surface area contributed by atoms with E-state index in [1.807, 2.05) is 35.8 Å². The van der Waals surface area contributed by atoms with Gasteiger partial charge in [-0.3, -0.25) is 33.0 Å². The number of esters is 1. The summed E-state index contributed by atoms with van der Waals surface area (Å²) in [5.74, 6) is 0.0159. The monoisotopic (exact) mass is 1030 g/mol. The lowest BCUT2D eigenvalue weighted by atomic mass is 9.99. The Morgan fingerprint density at radius 3 is 2.27 bits per heavy atom. The summed E-state index contributed by atoms with van der Waals surface area (Å²) >= 11 is 7.88. The maximum absolute atomic E-state index is 14.3. The van der Waals surface area contributed by atoms with E-state index in [9.17, 15) is 23.5 Å². The number of ether oxygens (including phenoxy) is 1. The minimum absolute atomic E-state index is 0.0191. The second-order valence-electron chi connectivity index (χ2n) is 17.2. The molecule has 2 aromatic heterocycles. The molecule has 22 heteroatoms. The third-order valence-electron chi connectivity index (χ3n) is 10.5. The van der Waals surface area contributed by atoms with Crippen molar-refractivity contribution in [1.29, 1.82) is 0 Å². The predicted octanol–water partition coefficient (Wildman–Crippen LogP) is 9.46. The molecule has 2 amide bonds. The van der Waals surface area contributed by atoms with Crippen molar-refractivity contribution in [3.63, 3.8) is 0 Å². The Balaban J connectivity index is 1.06. The van der Waals surface area contributed by atoms with Gasteiger partial charge in [0.15, 0.2) is 5.82 Å². The van der Waals surface area contributed by atoms with Crippen LogP contribution >= 0.6 is 38.2 Å². The van der Waals surface area contributed by atoms with Gasteiger partial charge in [-0.2, -0.15) is 5.09 Å². The van der Waals surface area contributed by atoms with Crippen LogP contribution in [-0.4, -0.2) is 81.4 Å². The third-order valence-corrected chi connectivity index (χ3v) is 15.1. The molecule has 3 unspecified atom stereocenters. The molecule has 0 radical (unpaired) electrons. The number of amides is 2. The maximum Gasteiger partial charge on any atom is 0.459 e. The molecule has 70 heavy (non-hydrogen) atoms. The first-order valence-corrected chi connectivity index (χ1v) is 26.8. The second kappa shape index (κ2) is 23.5. The minimum atomic E-state index is -4.21. The number of anilines is 2. The lowest BCUT2D eigenvalue weighted by Crippen LogP contribution is -2.38. The lowest BCUT2D eigenvalue weighted by molar-refractivity contribution is -0.156. The highest BCUT2D eigenvalue weighted by Gasteiger charge is 2.35. The zero-order valence-electron chi connectivity index (χ0n) is 39.9. The molecule has 18 nitrogen and oxygen atoms in total. The number of thiophene rings is 1. The van der Waals surface area contributed by atoms with Crippen molar-refractivity contribution in [3.8, 4) is 22.8 Å². The molecule has 5 aromatic rings. The van der Waals surface area contributed by atoms with Crippen LogP contribution in [0.2, 0.25) is 5.02 Å². The SMILES string of the molecule is C#CP(=O)(Nc1ccc(C(=O)NCCCCCOP(=O)(NC(C)C(=O)OC(C)(C)C)Oc2ccc(NC(=O)C[C@@H]3N=C(c4ccc(Cl)cc4)c4c(sc(C)c4C)-n4c(C)nnc43)cc2)cc1)OCCO. The van der Waals surface area contributed by atoms with Crippen LogP contribution in [0.3, 0.4) is 0 Å². The summed E-state index contributed by atoms with van der Waals surface area (Å²) in [4.78, 5) is 45.8. The number of hydrogen-bond donors (Lipinski definition) is 5. The molecule has 1 aliphatic heterocycles. The Labute approximate surface area is 416 Å². The first kappa shape index (κ1) is 53.7. The molecular weight excluding hydrogens is 978 g/mol. The molecule has 3 heterocycles. The zero-order chi connectivity index (χ0) is 50.8. The number of hydrogen-bond acceptors (Lipinski definition) is 14. The topological polar surface area (TPSA) is 234 Å². The first-order chi connectivity index (χ1) is 33.2. The number of nitrogens with zero attached hydrogens (tertiary/aromatic N) is 4. The number of halogens is 1. The number of nitrogens with one attached hydrogen (secondary N) is 4. The van der Waals surface area contributed by atoms with Gasteiger partial charge in [0.1, 0.15) is 34.3 Å². The van der Waals surface area contributed by atoms with Gasteiger partial charge in [-0.1, -0.05) is 23.7 Å². The highest BCUT2D eigenvalue weighted by Crippen LogP contribution is 2.47. The van der Waals surface area contributed by atoms with Crippen LogP contribution in [0, 0.1) is 32.9 Å². The quantitative estimate of drug-likeness (QED) is 0.0188. The minimum Gasteiger partial charge on any atom is -0.459 e. The van der Waals surface area contributed by atoms with E-state index in [2.05, 4.69) is 50.5 Å². The summed E-state index contributed by atoms with van der Waals surface area (Å²) < 4.78 is 51.1. The number of carbonyl (C=O) groups excluding carboxylic acids is 3. The van der Waals surface area contributed by atoms with Gasteiger partial charge < -0.3 is 34.6 Å². The van der Waals surface area contributed by atoms with Crippen LogP contribution in [0.5, 0.6) is 5.75 Å². The largest absolute Gasteiger partial charge is 0.459 e. The molecule has 0 saturated carbocycles. The van der Waals surface area contributed by atoms with Crippen LogP contribution < -0.4 is 25.3 Å². The van der Waals surface area contributed by atoms with Crippen molar-refractivity contribution in [3.05, 3.63) is 117 Å². The molecule has 5 N–H and O–H groups in total. The normalized spacial score (nSPS) is 15.4. The molecule has 0 aliphatic carbocycles. The molecule has 0 saturated heterocycles. The molecule has 0 fully saturated rings. The molecule has 1 aliphatic rings. The number of fused-ring (bicyclic) bond motifs is 3. The molecule has 0 spiro atoms. The molecular formula is C48H57ClN8O10P2S. The Kier molecular flexibility index (Phi) is 18.0. The van der Waals surface area contributed by atoms with E-state index in [-0.39, 0.29) is 43.8 Å². The summed E-state index contributed by atoms with van der Waals surface area (Å²) in [5.41, 5.74) is 6.03. The standard InChI is InChI=1S/C48H57ClN8O10P2S/c1-9-68(62,64-28-26-58)56-38-19-15-35(16-20-38)45(60)50-25-11-10-12-27-65-69(63,55-31(3)47(61)66-48(6,7)8)67-39-23-21-37(22-24-39)51-41(59)29-40-44-54-53-33(5)57(44)46-42(30(2)32(4)70-46)43(52-40)34-13-17-36(49)18-14-34/h1,13-24,31,40,58H,10-12,25-29H2,2-8H3,(H,50,60)(H,51,59)(H,55,63)(H,56,62)/t31?,40-,68?,69?/m0/s1. The summed E-state index contributed by atoms with van der Waals surface area (Å²) in [5, 5.41) is 30.4.